The number of nitrogens with zero attached hydrogens (tertiary/aromatic N) is 5. The average molecular weight is 537 g/mol. The van der Waals surface area contributed by atoms with E-state index in [0.717, 1.165) is 49.5 Å². The third-order valence-corrected chi connectivity index (χ3v) is 6.14. The molecule has 4 rings (SSSR count). The fraction of sp³-hybridized carbons (Fsp3) is 0.609. The van der Waals surface area contributed by atoms with Crippen molar-refractivity contribution in [2.24, 2.45) is 10.9 Å². The number of fused-ring (bicyclic) bond motifs is 1. The van der Waals surface area contributed by atoms with Gasteiger partial charge in [-0.05, 0) is 63.1 Å². The maximum absolute atomic E-state index is 4.83. The monoisotopic (exact) mass is 537 g/mol. The number of piperidine rings is 1. The molecule has 2 aliphatic rings. The fourth-order valence-electron chi connectivity index (χ4n) is 4.34. The third kappa shape index (κ3) is 6.11. The summed E-state index contributed by atoms with van der Waals surface area (Å²) in [6.07, 6.45) is 4.73. The van der Waals surface area contributed by atoms with Crippen LogP contribution < -0.4 is 15.5 Å². The molecule has 1 aromatic heterocycles. The molecule has 2 N–H and O–H groups in total. The summed E-state index contributed by atoms with van der Waals surface area (Å²) in [5.41, 5.74) is 2.56. The Morgan fingerprint density at radius 3 is 2.58 bits per heavy atom. The van der Waals surface area contributed by atoms with Crippen LogP contribution in [0.3, 0.4) is 0 Å². The van der Waals surface area contributed by atoms with Crippen molar-refractivity contribution in [3.63, 3.8) is 0 Å². The molecule has 3 heterocycles. The number of rotatable bonds is 5. The number of aliphatic imine (C=N–C) groups is 1. The number of aromatic nitrogens is 3. The minimum atomic E-state index is 0. The molecule has 1 aromatic carbocycles. The molecule has 1 unspecified atom stereocenters. The second-order valence-corrected chi connectivity index (χ2v) is 8.61. The van der Waals surface area contributed by atoms with E-state index in [-0.39, 0.29) is 30.0 Å². The van der Waals surface area contributed by atoms with Gasteiger partial charge in [-0.2, -0.15) is 5.10 Å². The number of nitrogens with one attached hydrogen (secondary N) is 2. The lowest BCUT2D eigenvalue weighted by Crippen LogP contribution is -2.41. The number of aryl methyl sites for hydroxylation is 2. The van der Waals surface area contributed by atoms with Gasteiger partial charge in [-0.3, -0.25) is 0 Å². The minimum absolute atomic E-state index is 0. The Hall–Kier alpha value is -1.84. The van der Waals surface area contributed by atoms with Crippen LogP contribution in [0.1, 0.15) is 62.8 Å². The van der Waals surface area contributed by atoms with Gasteiger partial charge in [-0.15, -0.1) is 24.0 Å². The third-order valence-electron chi connectivity index (χ3n) is 6.14. The molecule has 0 aliphatic carbocycles. The Morgan fingerprint density at radius 2 is 1.87 bits per heavy atom. The Labute approximate surface area is 203 Å². The van der Waals surface area contributed by atoms with Crippen molar-refractivity contribution >= 4 is 35.6 Å². The molecule has 0 amide bonds. The summed E-state index contributed by atoms with van der Waals surface area (Å²) in [5, 5.41) is 11.4. The first-order chi connectivity index (χ1) is 14.6. The van der Waals surface area contributed by atoms with Gasteiger partial charge in [0.25, 0.3) is 0 Å². The molecule has 0 spiro atoms. The normalized spacial score (nSPS) is 19.5. The van der Waals surface area contributed by atoms with Crippen molar-refractivity contribution in [1.29, 1.82) is 0 Å². The molecule has 31 heavy (non-hydrogen) atoms. The zero-order valence-corrected chi connectivity index (χ0v) is 21.3. The molecule has 7 nitrogen and oxygen atoms in total. The highest BCUT2D eigenvalue weighted by Gasteiger charge is 2.24. The van der Waals surface area contributed by atoms with Gasteiger partial charge in [0.05, 0.1) is 12.6 Å². The summed E-state index contributed by atoms with van der Waals surface area (Å²) < 4.78 is 2.03. The molecule has 1 atom stereocenters. The Balaban J connectivity index is 0.00000272. The van der Waals surface area contributed by atoms with Crippen LogP contribution in [0.4, 0.5) is 5.69 Å². The SMILES string of the molecule is CCNC(=NCc1ccc(N2CCC(C)CC2)cc1)NC1CCCn2nc(C)nc21.I. The zero-order chi connectivity index (χ0) is 20.9. The van der Waals surface area contributed by atoms with E-state index < -0.39 is 0 Å². The minimum Gasteiger partial charge on any atom is -0.372 e. The van der Waals surface area contributed by atoms with Crippen molar-refractivity contribution in [1.82, 2.24) is 25.4 Å². The average Bonchev–Trinajstić information content (AvgIpc) is 3.14. The van der Waals surface area contributed by atoms with E-state index in [2.05, 4.69) is 63.7 Å². The zero-order valence-electron chi connectivity index (χ0n) is 19.0. The Kier molecular flexibility index (Phi) is 8.57. The van der Waals surface area contributed by atoms with Crippen LogP contribution in [-0.2, 0) is 13.1 Å². The summed E-state index contributed by atoms with van der Waals surface area (Å²) in [4.78, 5) is 12.0. The van der Waals surface area contributed by atoms with Crippen LogP contribution >= 0.6 is 24.0 Å². The van der Waals surface area contributed by atoms with Crippen LogP contribution in [0.25, 0.3) is 0 Å². The van der Waals surface area contributed by atoms with Gasteiger partial charge in [0.15, 0.2) is 5.96 Å². The van der Waals surface area contributed by atoms with Crippen molar-refractivity contribution in [2.45, 2.75) is 65.6 Å². The quantitative estimate of drug-likeness (QED) is 0.343. The lowest BCUT2D eigenvalue weighted by atomic mass is 9.99. The van der Waals surface area contributed by atoms with Gasteiger partial charge < -0.3 is 15.5 Å². The lowest BCUT2D eigenvalue weighted by molar-refractivity contribution is 0.397. The Bertz CT molecular complexity index is 853. The van der Waals surface area contributed by atoms with E-state index in [1.807, 2.05) is 11.6 Å². The molecule has 8 heteroatoms. The lowest BCUT2D eigenvalue weighted by Gasteiger charge is -2.32. The van der Waals surface area contributed by atoms with E-state index in [0.29, 0.717) is 6.54 Å². The largest absolute Gasteiger partial charge is 0.372 e. The van der Waals surface area contributed by atoms with Crippen LogP contribution in [0, 0.1) is 12.8 Å². The maximum atomic E-state index is 4.83. The smallest absolute Gasteiger partial charge is 0.192 e. The van der Waals surface area contributed by atoms with Crippen molar-refractivity contribution in [3.8, 4) is 0 Å². The summed E-state index contributed by atoms with van der Waals surface area (Å²) in [7, 11) is 0. The van der Waals surface area contributed by atoms with Crippen molar-refractivity contribution in [3.05, 3.63) is 41.5 Å². The Morgan fingerprint density at radius 1 is 1.13 bits per heavy atom. The predicted molar refractivity (Wildman–Crippen MR) is 137 cm³/mol. The highest BCUT2D eigenvalue weighted by molar-refractivity contribution is 14.0. The second kappa shape index (κ2) is 11.2. The van der Waals surface area contributed by atoms with Crippen LogP contribution in [0.2, 0.25) is 0 Å². The molecule has 1 saturated heterocycles. The van der Waals surface area contributed by atoms with E-state index >= 15 is 0 Å². The highest BCUT2D eigenvalue weighted by Crippen LogP contribution is 2.24. The number of halogens is 1. The van der Waals surface area contributed by atoms with E-state index in [1.165, 1.54) is 37.2 Å². The first-order valence-electron chi connectivity index (χ1n) is 11.4. The summed E-state index contributed by atoms with van der Waals surface area (Å²) in [6.45, 7) is 11.2. The number of benzene rings is 1. The van der Waals surface area contributed by atoms with E-state index in [1.54, 1.807) is 0 Å². The fourth-order valence-corrected chi connectivity index (χ4v) is 4.34. The van der Waals surface area contributed by atoms with E-state index in [4.69, 9.17) is 4.99 Å². The van der Waals surface area contributed by atoms with Gasteiger partial charge in [-0.1, -0.05) is 19.1 Å². The van der Waals surface area contributed by atoms with Crippen molar-refractivity contribution < 1.29 is 0 Å². The molecule has 0 saturated carbocycles. The summed E-state index contributed by atoms with van der Waals surface area (Å²) >= 11 is 0. The number of anilines is 1. The van der Waals surface area contributed by atoms with Gasteiger partial charge >= 0.3 is 0 Å². The molecular formula is C23H36IN7. The molecule has 170 valence electrons. The highest BCUT2D eigenvalue weighted by atomic mass is 127. The van der Waals surface area contributed by atoms with Gasteiger partial charge in [0.1, 0.15) is 11.6 Å². The maximum Gasteiger partial charge on any atom is 0.192 e. The van der Waals surface area contributed by atoms with Gasteiger partial charge in [-0.25, -0.2) is 14.7 Å². The van der Waals surface area contributed by atoms with Crippen LogP contribution in [0.5, 0.6) is 0 Å². The van der Waals surface area contributed by atoms with Gasteiger partial charge in [0.2, 0.25) is 0 Å². The van der Waals surface area contributed by atoms with Gasteiger partial charge in [0, 0.05) is 31.9 Å². The summed E-state index contributed by atoms with van der Waals surface area (Å²) in [5.74, 6) is 3.55. The van der Waals surface area contributed by atoms with Crippen molar-refractivity contribution in [2.75, 3.05) is 24.5 Å². The molecule has 0 radical (unpaired) electrons. The molecule has 2 aliphatic heterocycles. The van der Waals surface area contributed by atoms with Crippen LogP contribution in [-0.4, -0.2) is 40.4 Å². The predicted octanol–water partition coefficient (Wildman–Crippen LogP) is 4.03. The van der Waals surface area contributed by atoms with E-state index in [9.17, 15) is 0 Å². The summed E-state index contributed by atoms with van der Waals surface area (Å²) in [6, 6.07) is 9.06. The van der Waals surface area contributed by atoms with Crippen LogP contribution in [0.15, 0.2) is 29.3 Å². The molecular weight excluding hydrogens is 501 g/mol. The topological polar surface area (TPSA) is 70.4 Å². The molecule has 2 aromatic rings. The standard InChI is InChI=1S/C23H35N7.HI/c1-4-24-23(27-21-6-5-13-30-22(21)26-18(3)28-30)25-16-19-7-9-20(10-8-19)29-14-11-17(2)12-15-29;/h7-10,17,21H,4-6,11-16H2,1-3H3,(H2,24,25,27);1H. The molecule has 0 bridgehead atoms. The second-order valence-electron chi connectivity index (χ2n) is 8.61. The first-order valence-corrected chi connectivity index (χ1v) is 11.4. The first kappa shape index (κ1) is 23.8. The molecule has 1 fully saturated rings. The number of hydrogen-bond donors (Lipinski definition) is 2. The number of hydrogen-bond acceptors (Lipinski definition) is 4. The number of guanidine groups is 1.